The summed E-state index contributed by atoms with van der Waals surface area (Å²) in [5.41, 5.74) is 1.14. The molecular weight excluding hydrogens is 214 g/mol. The SMILES string of the molecule is CNCC(OC1CCC1)c1ccccc1OC. The third kappa shape index (κ3) is 2.99. The van der Waals surface area contributed by atoms with Crippen LogP contribution in [0.3, 0.4) is 0 Å². The lowest BCUT2D eigenvalue weighted by Crippen LogP contribution is -2.29. The van der Waals surface area contributed by atoms with Crippen LogP contribution >= 0.6 is 0 Å². The fourth-order valence-corrected chi connectivity index (χ4v) is 2.09. The zero-order valence-corrected chi connectivity index (χ0v) is 10.6. The number of para-hydroxylation sites is 1. The molecule has 1 aromatic rings. The van der Waals surface area contributed by atoms with Gasteiger partial charge in [-0.1, -0.05) is 18.2 Å². The molecular formula is C14H21NO2. The van der Waals surface area contributed by atoms with E-state index in [2.05, 4.69) is 11.4 Å². The van der Waals surface area contributed by atoms with Gasteiger partial charge in [0.25, 0.3) is 0 Å². The van der Waals surface area contributed by atoms with E-state index >= 15 is 0 Å². The summed E-state index contributed by atoms with van der Waals surface area (Å²) in [5, 5.41) is 3.19. The van der Waals surface area contributed by atoms with E-state index in [0.29, 0.717) is 6.10 Å². The van der Waals surface area contributed by atoms with Crippen LogP contribution in [-0.2, 0) is 4.74 Å². The lowest BCUT2D eigenvalue weighted by atomic mass is 9.95. The highest BCUT2D eigenvalue weighted by Crippen LogP contribution is 2.32. The Kier molecular flexibility index (Phi) is 4.40. The Bertz CT molecular complexity index is 350. The first-order valence-electron chi connectivity index (χ1n) is 6.28. The summed E-state index contributed by atoms with van der Waals surface area (Å²) >= 11 is 0. The number of hydrogen-bond donors (Lipinski definition) is 1. The third-order valence-corrected chi connectivity index (χ3v) is 3.28. The van der Waals surface area contributed by atoms with Crippen LogP contribution in [0.15, 0.2) is 24.3 Å². The molecule has 1 saturated carbocycles. The molecule has 0 bridgehead atoms. The first-order valence-corrected chi connectivity index (χ1v) is 6.28. The Hall–Kier alpha value is -1.06. The second-order valence-corrected chi connectivity index (χ2v) is 4.48. The molecule has 1 aromatic carbocycles. The number of ether oxygens (including phenoxy) is 2. The second-order valence-electron chi connectivity index (χ2n) is 4.48. The van der Waals surface area contributed by atoms with Gasteiger partial charge in [0.1, 0.15) is 5.75 Å². The molecule has 1 atom stereocenters. The number of likely N-dealkylation sites (N-methyl/N-ethyl adjacent to an activating group) is 1. The minimum atomic E-state index is 0.0847. The van der Waals surface area contributed by atoms with Crippen LogP contribution in [0.2, 0.25) is 0 Å². The second kappa shape index (κ2) is 6.03. The maximum Gasteiger partial charge on any atom is 0.124 e. The summed E-state index contributed by atoms with van der Waals surface area (Å²) in [6.45, 7) is 0.816. The molecule has 0 saturated heterocycles. The van der Waals surface area contributed by atoms with Gasteiger partial charge < -0.3 is 14.8 Å². The molecule has 1 N–H and O–H groups in total. The van der Waals surface area contributed by atoms with Gasteiger partial charge in [-0.15, -0.1) is 0 Å². The zero-order chi connectivity index (χ0) is 12.1. The van der Waals surface area contributed by atoms with E-state index < -0.39 is 0 Å². The van der Waals surface area contributed by atoms with Crippen molar-refractivity contribution in [3.05, 3.63) is 29.8 Å². The van der Waals surface area contributed by atoms with E-state index in [4.69, 9.17) is 9.47 Å². The van der Waals surface area contributed by atoms with Crippen molar-refractivity contribution in [1.82, 2.24) is 5.32 Å². The van der Waals surface area contributed by atoms with Crippen LogP contribution in [0.1, 0.15) is 30.9 Å². The summed E-state index contributed by atoms with van der Waals surface area (Å²) in [7, 11) is 3.66. The molecule has 1 unspecified atom stereocenters. The van der Waals surface area contributed by atoms with Crippen molar-refractivity contribution in [1.29, 1.82) is 0 Å². The van der Waals surface area contributed by atoms with Gasteiger partial charge in [0.2, 0.25) is 0 Å². The number of nitrogens with one attached hydrogen (secondary N) is 1. The molecule has 2 rings (SSSR count). The first kappa shape index (κ1) is 12.4. The maximum absolute atomic E-state index is 6.11. The number of hydrogen-bond acceptors (Lipinski definition) is 3. The summed E-state index contributed by atoms with van der Waals surface area (Å²) in [6.07, 6.45) is 4.19. The van der Waals surface area contributed by atoms with Gasteiger partial charge in [-0.3, -0.25) is 0 Å². The van der Waals surface area contributed by atoms with E-state index in [-0.39, 0.29) is 6.10 Å². The highest BCUT2D eigenvalue weighted by Gasteiger charge is 2.24. The highest BCUT2D eigenvalue weighted by atomic mass is 16.5. The van der Waals surface area contributed by atoms with Gasteiger partial charge in [-0.25, -0.2) is 0 Å². The fraction of sp³-hybridized carbons (Fsp3) is 0.571. The molecule has 17 heavy (non-hydrogen) atoms. The van der Waals surface area contributed by atoms with E-state index in [1.807, 2.05) is 25.2 Å². The van der Waals surface area contributed by atoms with Gasteiger partial charge in [0.15, 0.2) is 0 Å². The van der Waals surface area contributed by atoms with Crippen LogP contribution < -0.4 is 10.1 Å². The minimum Gasteiger partial charge on any atom is -0.496 e. The number of benzene rings is 1. The van der Waals surface area contributed by atoms with Crippen LogP contribution in [0.5, 0.6) is 5.75 Å². The Morgan fingerprint density at radius 1 is 1.35 bits per heavy atom. The Morgan fingerprint density at radius 2 is 2.12 bits per heavy atom. The molecule has 3 nitrogen and oxygen atoms in total. The summed E-state index contributed by atoms with van der Waals surface area (Å²) in [4.78, 5) is 0. The molecule has 0 heterocycles. The van der Waals surface area contributed by atoms with E-state index in [1.54, 1.807) is 7.11 Å². The van der Waals surface area contributed by atoms with Crippen molar-refractivity contribution in [3.8, 4) is 5.75 Å². The van der Waals surface area contributed by atoms with Crippen LogP contribution in [-0.4, -0.2) is 26.8 Å². The fourth-order valence-electron chi connectivity index (χ4n) is 2.09. The molecule has 0 radical (unpaired) electrons. The Morgan fingerprint density at radius 3 is 2.71 bits per heavy atom. The molecule has 1 aliphatic rings. The van der Waals surface area contributed by atoms with Crippen molar-refractivity contribution < 1.29 is 9.47 Å². The number of rotatable bonds is 6. The van der Waals surface area contributed by atoms with Gasteiger partial charge in [-0.05, 0) is 32.4 Å². The maximum atomic E-state index is 6.11. The standard InChI is InChI=1S/C14H21NO2/c1-15-10-14(17-11-6-5-7-11)12-8-3-4-9-13(12)16-2/h3-4,8-9,11,14-15H,5-7,10H2,1-2H3. The molecule has 0 aromatic heterocycles. The van der Waals surface area contributed by atoms with Crippen LogP contribution in [0.4, 0.5) is 0 Å². The number of methoxy groups -OCH3 is 1. The van der Waals surface area contributed by atoms with Crippen LogP contribution in [0, 0.1) is 0 Å². The lowest BCUT2D eigenvalue weighted by Gasteiger charge is -2.31. The summed E-state index contributed by atoms with van der Waals surface area (Å²) in [5.74, 6) is 0.909. The van der Waals surface area contributed by atoms with Crippen molar-refractivity contribution in [2.45, 2.75) is 31.5 Å². The average Bonchev–Trinajstić information content (AvgIpc) is 2.32. The summed E-state index contributed by atoms with van der Waals surface area (Å²) < 4.78 is 11.5. The Labute approximate surface area is 103 Å². The van der Waals surface area contributed by atoms with Crippen molar-refractivity contribution >= 4 is 0 Å². The first-order chi connectivity index (χ1) is 8.35. The average molecular weight is 235 g/mol. The topological polar surface area (TPSA) is 30.5 Å². The van der Waals surface area contributed by atoms with Crippen molar-refractivity contribution in [2.24, 2.45) is 0 Å². The van der Waals surface area contributed by atoms with E-state index in [1.165, 1.54) is 19.3 Å². The van der Waals surface area contributed by atoms with E-state index in [0.717, 1.165) is 17.9 Å². The quantitative estimate of drug-likeness (QED) is 0.822. The monoisotopic (exact) mass is 235 g/mol. The van der Waals surface area contributed by atoms with Gasteiger partial charge >= 0.3 is 0 Å². The third-order valence-electron chi connectivity index (χ3n) is 3.28. The molecule has 1 aliphatic carbocycles. The van der Waals surface area contributed by atoms with Crippen LogP contribution in [0.25, 0.3) is 0 Å². The predicted octanol–water partition coefficient (Wildman–Crippen LogP) is 2.52. The van der Waals surface area contributed by atoms with Gasteiger partial charge in [-0.2, -0.15) is 0 Å². The Balaban J connectivity index is 2.12. The van der Waals surface area contributed by atoms with Crippen molar-refractivity contribution in [2.75, 3.05) is 20.7 Å². The predicted molar refractivity (Wildman–Crippen MR) is 68.4 cm³/mol. The lowest BCUT2D eigenvalue weighted by molar-refractivity contribution is -0.0520. The van der Waals surface area contributed by atoms with Gasteiger partial charge in [0, 0.05) is 12.1 Å². The molecule has 0 aliphatic heterocycles. The molecule has 1 fully saturated rings. The smallest absolute Gasteiger partial charge is 0.124 e. The normalized spacial score (nSPS) is 17.5. The minimum absolute atomic E-state index is 0.0847. The van der Waals surface area contributed by atoms with Crippen molar-refractivity contribution in [3.63, 3.8) is 0 Å². The van der Waals surface area contributed by atoms with E-state index in [9.17, 15) is 0 Å². The summed E-state index contributed by atoms with van der Waals surface area (Å²) in [6, 6.07) is 8.09. The zero-order valence-electron chi connectivity index (χ0n) is 10.6. The van der Waals surface area contributed by atoms with Gasteiger partial charge in [0.05, 0.1) is 19.3 Å². The molecule has 0 amide bonds. The molecule has 94 valence electrons. The molecule has 0 spiro atoms. The highest BCUT2D eigenvalue weighted by molar-refractivity contribution is 5.35. The largest absolute Gasteiger partial charge is 0.496 e. The molecule has 3 heteroatoms.